The molecule has 0 aliphatic heterocycles. The first kappa shape index (κ1) is 13.7. The molecule has 0 saturated carbocycles. The molecule has 102 valence electrons. The summed E-state index contributed by atoms with van der Waals surface area (Å²) in [6.07, 6.45) is 0. The van der Waals surface area contributed by atoms with Crippen molar-refractivity contribution in [1.29, 1.82) is 0 Å². The summed E-state index contributed by atoms with van der Waals surface area (Å²) in [5.74, 6) is 0.153. The zero-order valence-electron chi connectivity index (χ0n) is 10.6. The third-order valence-corrected chi connectivity index (χ3v) is 2.90. The van der Waals surface area contributed by atoms with Crippen LogP contribution in [0.2, 0.25) is 0 Å². The summed E-state index contributed by atoms with van der Waals surface area (Å²) >= 11 is 0. The molecule has 5 heteroatoms. The van der Waals surface area contributed by atoms with Crippen LogP contribution in [-0.2, 0) is 0 Å². The average molecular weight is 263 g/mol. The van der Waals surface area contributed by atoms with Crippen LogP contribution in [0.5, 0.6) is 0 Å². The first-order chi connectivity index (χ1) is 9.24. The number of Topliss-reactive ketones (excluding diaryl/α,β-unsaturated/α-hetero) is 1. The van der Waals surface area contributed by atoms with Gasteiger partial charge in [-0.3, -0.25) is 9.69 Å². The normalized spacial score (nSPS) is 11.3. The molecule has 0 spiro atoms. The molecule has 0 amide bonds. The van der Waals surface area contributed by atoms with Crippen molar-refractivity contribution < 1.29 is 19.4 Å². The van der Waals surface area contributed by atoms with Crippen LogP contribution in [0.25, 0.3) is 11.0 Å². The highest BCUT2D eigenvalue weighted by atomic mass is 16.3. The average Bonchev–Trinajstić information content (AvgIpc) is 2.83. The fraction of sp³-hybridized carbons (Fsp3) is 0.357. The predicted octanol–water partition coefficient (Wildman–Crippen LogP) is 0.902. The molecular weight excluding hydrogens is 246 g/mol. The van der Waals surface area contributed by atoms with E-state index >= 15 is 0 Å². The molecule has 0 aliphatic rings. The summed E-state index contributed by atoms with van der Waals surface area (Å²) in [6, 6.07) is 9.15. The second-order valence-corrected chi connectivity index (χ2v) is 4.30. The standard InChI is InChI=1S/C14H17NO4/c16-7-5-15(6-8-17)10-12(18)14-9-11-3-1-2-4-13(11)19-14/h1-4,9,16-17H,5-8,10H2. The van der Waals surface area contributed by atoms with Crippen LogP contribution in [0.1, 0.15) is 10.6 Å². The highest BCUT2D eigenvalue weighted by molar-refractivity contribution is 5.98. The molecule has 2 rings (SSSR count). The number of benzene rings is 1. The number of hydrogen-bond donors (Lipinski definition) is 2. The molecule has 19 heavy (non-hydrogen) atoms. The van der Waals surface area contributed by atoms with Gasteiger partial charge in [0.1, 0.15) is 5.58 Å². The van der Waals surface area contributed by atoms with Gasteiger partial charge >= 0.3 is 0 Å². The van der Waals surface area contributed by atoms with E-state index in [2.05, 4.69) is 0 Å². The SMILES string of the molecule is O=C(CN(CCO)CCO)c1cc2ccccc2o1. The quantitative estimate of drug-likeness (QED) is 0.726. The van der Waals surface area contributed by atoms with Gasteiger partial charge in [-0.25, -0.2) is 0 Å². The summed E-state index contributed by atoms with van der Waals surface area (Å²) in [7, 11) is 0. The summed E-state index contributed by atoms with van der Waals surface area (Å²) in [6.45, 7) is 0.737. The number of nitrogens with zero attached hydrogens (tertiary/aromatic N) is 1. The number of aliphatic hydroxyl groups excluding tert-OH is 2. The molecule has 0 aliphatic carbocycles. The summed E-state index contributed by atoms with van der Waals surface area (Å²) in [5.41, 5.74) is 0.682. The number of carbonyl (C=O) groups is 1. The second kappa shape index (κ2) is 6.47. The summed E-state index contributed by atoms with van der Waals surface area (Å²) < 4.78 is 5.49. The Morgan fingerprint density at radius 2 is 1.84 bits per heavy atom. The van der Waals surface area contributed by atoms with Gasteiger partial charge < -0.3 is 14.6 Å². The number of carbonyl (C=O) groups excluding carboxylic acids is 1. The number of furan rings is 1. The summed E-state index contributed by atoms with van der Waals surface area (Å²) in [5, 5.41) is 18.7. The van der Waals surface area contributed by atoms with Gasteiger partial charge in [-0.15, -0.1) is 0 Å². The van der Waals surface area contributed by atoms with E-state index in [1.54, 1.807) is 11.0 Å². The van der Waals surface area contributed by atoms with E-state index in [1.165, 1.54) is 0 Å². The molecule has 1 aromatic heterocycles. The molecule has 0 radical (unpaired) electrons. The molecule has 0 saturated heterocycles. The number of rotatable bonds is 7. The number of fused-ring (bicyclic) bond motifs is 1. The van der Waals surface area contributed by atoms with Crippen molar-refractivity contribution in [2.75, 3.05) is 32.8 Å². The predicted molar refractivity (Wildman–Crippen MR) is 71.2 cm³/mol. The zero-order valence-corrected chi connectivity index (χ0v) is 10.6. The van der Waals surface area contributed by atoms with E-state index in [1.807, 2.05) is 24.3 Å². The molecule has 1 heterocycles. The van der Waals surface area contributed by atoms with Crippen molar-refractivity contribution in [3.63, 3.8) is 0 Å². The van der Waals surface area contributed by atoms with Crippen molar-refractivity contribution in [2.45, 2.75) is 0 Å². The summed E-state index contributed by atoms with van der Waals surface area (Å²) in [4.78, 5) is 13.8. The molecule has 0 bridgehead atoms. The fourth-order valence-electron chi connectivity index (χ4n) is 1.95. The Hall–Kier alpha value is -1.69. The van der Waals surface area contributed by atoms with Crippen LogP contribution < -0.4 is 0 Å². The largest absolute Gasteiger partial charge is 0.453 e. The van der Waals surface area contributed by atoms with Gasteiger partial charge in [0.25, 0.3) is 0 Å². The minimum atomic E-state index is -0.155. The monoisotopic (exact) mass is 263 g/mol. The van der Waals surface area contributed by atoms with E-state index in [-0.39, 0.29) is 25.5 Å². The first-order valence-corrected chi connectivity index (χ1v) is 6.20. The van der Waals surface area contributed by atoms with Gasteiger partial charge in [-0.2, -0.15) is 0 Å². The van der Waals surface area contributed by atoms with Crippen molar-refractivity contribution in [3.05, 3.63) is 36.1 Å². The topological polar surface area (TPSA) is 73.9 Å². The first-order valence-electron chi connectivity index (χ1n) is 6.20. The molecule has 2 aromatic rings. The molecular formula is C14H17NO4. The molecule has 0 atom stereocenters. The Morgan fingerprint density at radius 3 is 2.47 bits per heavy atom. The van der Waals surface area contributed by atoms with Crippen LogP contribution in [-0.4, -0.2) is 53.7 Å². The van der Waals surface area contributed by atoms with E-state index in [0.717, 1.165) is 5.39 Å². The number of aliphatic hydroxyl groups is 2. The van der Waals surface area contributed by atoms with Gasteiger partial charge in [-0.05, 0) is 12.1 Å². The smallest absolute Gasteiger partial charge is 0.211 e. The molecule has 2 N–H and O–H groups in total. The number of para-hydroxylation sites is 1. The van der Waals surface area contributed by atoms with E-state index in [4.69, 9.17) is 14.6 Å². The lowest BCUT2D eigenvalue weighted by atomic mass is 10.2. The lowest BCUT2D eigenvalue weighted by Crippen LogP contribution is -2.34. The van der Waals surface area contributed by atoms with Gasteiger partial charge in [0.2, 0.25) is 5.78 Å². The van der Waals surface area contributed by atoms with Gasteiger partial charge in [-0.1, -0.05) is 18.2 Å². The van der Waals surface area contributed by atoms with E-state index < -0.39 is 0 Å². The molecule has 5 nitrogen and oxygen atoms in total. The van der Waals surface area contributed by atoms with E-state index in [0.29, 0.717) is 24.4 Å². The van der Waals surface area contributed by atoms with Crippen molar-refractivity contribution in [3.8, 4) is 0 Å². The maximum absolute atomic E-state index is 12.1. The van der Waals surface area contributed by atoms with Crippen molar-refractivity contribution in [2.24, 2.45) is 0 Å². The maximum Gasteiger partial charge on any atom is 0.211 e. The van der Waals surface area contributed by atoms with Crippen molar-refractivity contribution in [1.82, 2.24) is 4.90 Å². The lowest BCUT2D eigenvalue weighted by Gasteiger charge is -2.18. The van der Waals surface area contributed by atoms with Crippen LogP contribution in [0, 0.1) is 0 Å². The Kier molecular flexibility index (Phi) is 4.68. The minimum absolute atomic E-state index is 0.0482. The molecule has 1 aromatic carbocycles. The Morgan fingerprint density at radius 1 is 1.16 bits per heavy atom. The highest BCUT2D eigenvalue weighted by Gasteiger charge is 2.15. The molecule has 0 fully saturated rings. The lowest BCUT2D eigenvalue weighted by molar-refractivity contribution is 0.0869. The third-order valence-electron chi connectivity index (χ3n) is 2.90. The highest BCUT2D eigenvalue weighted by Crippen LogP contribution is 2.19. The van der Waals surface area contributed by atoms with Crippen molar-refractivity contribution >= 4 is 16.8 Å². The Balaban J connectivity index is 2.09. The Labute approximate surface area is 111 Å². The number of ketones is 1. The number of hydrogen-bond acceptors (Lipinski definition) is 5. The van der Waals surface area contributed by atoms with Gasteiger partial charge in [0.15, 0.2) is 5.76 Å². The maximum atomic E-state index is 12.1. The van der Waals surface area contributed by atoms with Crippen LogP contribution in [0.15, 0.2) is 34.7 Å². The minimum Gasteiger partial charge on any atom is -0.453 e. The Bertz CT molecular complexity index is 510. The van der Waals surface area contributed by atoms with Crippen LogP contribution >= 0.6 is 0 Å². The third kappa shape index (κ3) is 3.41. The fourth-order valence-corrected chi connectivity index (χ4v) is 1.95. The van der Waals surface area contributed by atoms with Gasteiger partial charge in [0.05, 0.1) is 19.8 Å². The van der Waals surface area contributed by atoms with Crippen LogP contribution in [0.4, 0.5) is 0 Å². The molecule has 0 unspecified atom stereocenters. The zero-order chi connectivity index (χ0) is 13.7. The van der Waals surface area contributed by atoms with Crippen LogP contribution in [0.3, 0.4) is 0 Å². The van der Waals surface area contributed by atoms with Gasteiger partial charge in [0, 0.05) is 18.5 Å². The second-order valence-electron chi connectivity index (χ2n) is 4.30. The van der Waals surface area contributed by atoms with E-state index in [9.17, 15) is 4.79 Å².